The van der Waals surface area contributed by atoms with Gasteiger partial charge in [0.05, 0.1) is 0 Å². The van der Waals surface area contributed by atoms with E-state index >= 15 is 0 Å². The first-order chi connectivity index (χ1) is 5.40. The van der Waals surface area contributed by atoms with Crippen molar-refractivity contribution in [2.24, 2.45) is 0 Å². The Kier molecular flexibility index (Phi) is 1.88. The van der Waals surface area contributed by atoms with Crippen molar-refractivity contribution in [3.63, 3.8) is 0 Å². The highest BCUT2D eigenvalue weighted by Gasteiger charge is 2.21. The number of benzene rings is 1. The van der Waals surface area contributed by atoms with E-state index in [-0.39, 0.29) is 0 Å². The highest BCUT2D eigenvalue weighted by molar-refractivity contribution is 7.98. The zero-order valence-corrected chi connectivity index (χ0v) is 7.32. The van der Waals surface area contributed by atoms with E-state index in [1.807, 2.05) is 0 Å². The predicted octanol–water partition coefficient (Wildman–Crippen LogP) is 2.05. The molecular formula is C9H11NS. The normalized spacial score (nSPS) is 21.7. The van der Waals surface area contributed by atoms with Gasteiger partial charge in [0.2, 0.25) is 0 Å². The van der Waals surface area contributed by atoms with Gasteiger partial charge in [-0.1, -0.05) is 12.1 Å². The summed E-state index contributed by atoms with van der Waals surface area (Å²) in [5.74, 6) is 0. The summed E-state index contributed by atoms with van der Waals surface area (Å²) in [6, 6.07) is 9.42. The van der Waals surface area contributed by atoms with Gasteiger partial charge in [0.15, 0.2) is 0 Å². The second-order valence-electron chi connectivity index (χ2n) is 2.73. The Labute approximate surface area is 71.2 Å². The summed E-state index contributed by atoms with van der Waals surface area (Å²) in [4.78, 5) is 1.34. The molecule has 1 fully saturated rings. The van der Waals surface area contributed by atoms with E-state index in [9.17, 15) is 0 Å². The van der Waals surface area contributed by atoms with Gasteiger partial charge < -0.3 is 5.32 Å². The minimum Gasteiger partial charge on any atom is -0.307 e. The lowest BCUT2D eigenvalue weighted by molar-refractivity contribution is 1.07. The molecule has 1 nitrogen and oxygen atoms in total. The van der Waals surface area contributed by atoms with Crippen molar-refractivity contribution in [1.82, 2.24) is 5.32 Å². The maximum absolute atomic E-state index is 3.28. The molecule has 0 aliphatic carbocycles. The predicted molar refractivity (Wildman–Crippen MR) is 49.0 cm³/mol. The minimum atomic E-state index is 0.644. The Morgan fingerprint density at radius 1 is 1.36 bits per heavy atom. The molecule has 1 atom stereocenters. The summed E-state index contributed by atoms with van der Waals surface area (Å²) in [5, 5.41) is 3.28. The molecule has 0 bridgehead atoms. The van der Waals surface area contributed by atoms with Gasteiger partial charge in [-0.2, -0.15) is 0 Å². The number of thioether (sulfide) groups is 1. The van der Waals surface area contributed by atoms with Crippen LogP contribution in [0, 0.1) is 0 Å². The van der Waals surface area contributed by atoms with Crippen molar-refractivity contribution >= 4 is 11.8 Å². The van der Waals surface area contributed by atoms with Gasteiger partial charge in [-0.15, -0.1) is 11.8 Å². The summed E-state index contributed by atoms with van der Waals surface area (Å²) < 4.78 is 0. The van der Waals surface area contributed by atoms with Gasteiger partial charge in [-0.3, -0.25) is 0 Å². The molecule has 0 spiro atoms. The van der Waals surface area contributed by atoms with E-state index in [1.165, 1.54) is 10.5 Å². The molecule has 1 aromatic carbocycles. The molecule has 1 N–H and O–H groups in total. The second-order valence-corrected chi connectivity index (χ2v) is 3.61. The largest absolute Gasteiger partial charge is 0.307 e. The van der Waals surface area contributed by atoms with Crippen LogP contribution in [0.4, 0.5) is 0 Å². The van der Waals surface area contributed by atoms with Gasteiger partial charge in [-0.25, -0.2) is 0 Å². The van der Waals surface area contributed by atoms with Crippen molar-refractivity contribution < 1.29 is 0 Å². The molecule has 0 amide bonds. The number of hydrogen-bond acceptors (Lipinski definition) is 2. The van der Waals surface area contributed by atoms with E-state index in [1.54, 1.807) is 11.8 Å². The summed E-state index contributed by atoms with van der Waals surface area (Å²) in [7, 11) is 0. The maximum atomic E-state index is 3.28. The maximum Gasteiger partial charge on any atom is 0.0447 e. The van der Waals surface area contributed by atoms with Crippen LogP contribution in [0.15, 0.2) is 29.2 Å². The lowest BCUT2D eigenvalue weighted by Gasteiger charge is -1.97. The van der Waals surface area contributed by atoms with Gasteiger partial charge in [0.25, 0.3) is 0 Å². The zero-order valence-electron chi connectivity index (χ0n) is 6.50. The molecule has 0 aromatic heterocycles. The first kappa shape index (κ1) is 7.19. The molecule has 1 aromatic rings. The average molecular weight is 165 g/mol. The molecular weight excluding hydrogens is 154 g/mol. The van der Waals surface area contributed by atoms with Crippen molar-refractivity contribution in [2.45, 2.75) is 10.9 Å². The molecule has 0 saturated carbocycles. The van der Waals surface area contributed by atoms with Crippen LogP contribution in [0.5, 0.6) is 0 Å². The van der Waals surface area contributed by atoms with Crippen molar-refractivity contribution in [3.05, 3.63) is 29.8 Å². The van der Waals surface area contributed by atoms with Gasteiger partial charge >= 0.3 is 0 Å². The first-order valence-electron chi connectivity index (χ1n) is 3.77. The minimum absolute atomic E-state index is 0.644. The molecule has 1 saturated heterocycles. The van der Waals surface area contributed by atoms with Crippen LogP contribution in [-0.4, -0.2) is 12.8 Å². The molecule has 1 aliphatic heterocycles. The monoisotopic (exact) mass is 165 g/mol. The quantitative estimate of drug-likeness (QED) is 0.535. The molecule has 1 aliphatic rings. The van der Waals surface area contributed by atoms with E-state index in [2.05, 4.69) is 35.8 Å². The Morgan fingerprint density at radius 2 is 2.00 bits per heavy atom. The summed E-state index contributed by atoms with van der Waals surface area (Å²) >= 11 is 1.79. The Bertz CT molecular complexity index is 238. The van der Waals surface area contributed by atoms with Crippen LogP contribution in [0.3, 0.4) is 0 Å². The molecule has 2 heteroatoms. The Balaban J connectivity index is 2.19. The SMILES string of the molecule is CSc1ccc(C2CN2)cc1. The molecule has 1 heterocycles. The van der Waals surface area contributed by atoms with E-state index < -0.39 is 0 Å². The van der Waals surface area contributed by atoms with Crippen LogP contribution in [0.25, 0.3) is 0 Å². The third kappa shape index (κ3) is 1.57. The summed E-state index contributed by atoms with van der Waals surface area (Å²) in [6.07, 6.45) is 2.10. The second kappa shape index (κ2) is 2.88. The average Bonchev–Trinajstić information content (AvgIpc) is 2.87. The lowest BCUT2D eigenvalue weighted by Crippen LogP contribution is -1.82. The van der Waals surface area contributed by atoms with E-state index in [0.717, 1.165) is 6.54 Å². The van der Waals surface area contributed by atoms with Crippen molar-refractivity contribution in [1.29, 1.82) is 0 Å². The van der Waals surface area contributed by atoms with Crippen LogP contribution in [-0.2, 0) is 0 Å². The third-order valence-corrected chi connectivity index (χ3v) is 2.67. The number of rotatable bonds is 2. The third-order valence-electron chi connectivity index (χ3n) is 1.93. The fourth-order valence-electron chi connectivity index (χ4n) is 1.13. The van der Waals surface area contributed by atoms with Crippen LogP contribution in [0.1, 0.15) is 11.6 Å². The zero-order chi connectivity index (χ0) is 7.68. The molecule has 1 unspecified atom stereocenters. The van der Waals surface area contributed by atoms with E-state index in [0.29, 0.717) is 6.04 Å². The Hall–Kier alpha value is -0.470. The van der Waals surface area contributed by atoms with Gasteiger partial charge in [0, 0.05) is 17.5 Å². The van der Waals surface area contributed by atoms with Crippen molar-refractivity contribution in [2.75, 3.05) is 12.8 Å². The summed E-state index contributed by atoms with van der Waals surface area (Å²) in [6.45, 7) is 1.15. The highest BCUT2D eigenvalue weighted by Crippen LogP contribution is 2.23. The standard InChI is InChI=1S/C9H11NS/c1-11-8-4-2-7(3-5-8)9-6-10-9/h2-5,9-10H,6H2,1H3. The summed E-state index contributed by atoms with van der Waals surface area (Å²) in [5.41, 5.74) is 1.42. The van der Waals surface area contributed by atoms with Gasteiger partial charge in [0.1, 0.15) is 0 Å². The molecule has 0 radical (unpaired) electrons. The van der Waals surface area contributed by atoms with Crippen molar-refractivity contribution in [3.8, 4) is 0 Å². The molecule has 2 rings (SSSR count). The first-order valence-corrected chi connectivity index (χ1v) is 5.00. The van der Waals surface area contributed by atoms with E-state index in [4.69, 9.17) is 0 Å². The van der Waals surface area contributed by atoms with Crippen LogP contribution >= 0.6 is 11.8 Å². The number of hydrogen-bond donors (Lipinski definition) is 1. The fraction of sp³-hybridized carbons (Fsp3) is 0.333. The van der Waals surface area contributed by atoms with Crippen LogP contribution in [0.2, 0.25) is 0 Å². The molecule has 58 valence electrons. The fourth-order valence-corrected chi connectivity index (χ4v) is 1.54. The molecule has 11 heavy (non-hydrogen) atoms. The van der Waals surface area contributed by atoms with Crippen LogP contribution < -0.4 is 5.32 Å². The number of nitrogens with one attached hydrogen (secondary N) is 1. The van der Waals surface area contributed by atoms with Gasteiger partial charge in [-0.05, 0) is 24.0 Å². The lowest BCUT2D eigenvalue weighted by atomic mass is 10.2. The smallest absolute Gasteiger partial charge is 0.0447 e. The topological polar surface area (TPSA) is 21.9 Å². The highest BCUT2D eigenvalue weighted by atomic mass is 32.2. The Morgan fingerprint density at radius 3 is 2.45 bits per heavy atom.